The van der Waals surface area contributed by atoms with Crippen LogP contribution in [0.1, 0.15) is 29.8 Å². The number of carbonyl (C=O) groups excluding carboxylic acids is 1. The van der Waals surface area contributed by atoms with Crippen molar-refractivity contribution < 1.29 is 14.3 Å². The zero-order valence-corrected chi connectivity index (χ0v) is 9.98. The molecule has 1 unspecified atom stereocenters. The van der Waals surface area contributed by atoms with Crippen LogP contribution < -0.4 is 5.32 Å². The minimum absolute atomic E-state index is 0.0806. The molecule has 0 aliphatic heterocycles. The van der Waals surface area contributed by atoms with Gasteiger partial charge in [-0.3, -0.25) is 4.79 Å². The Kier molecular flexibility index (Phi) is 2.83. The van der Waals surface area contributed by atoms with Gasteiger partial charge in [0.15, 0.2) is 5.58 Å². The molecule has 0 radical (unpaired) electrons. The Morgan fingerprint density at radius 1 is 1.61 bits per heavy atom. The Labute approximate surface area is 104 Å². The Morgan fingerprint density at radius 2 is 2.44 bits per heavy atom. The molecule has 0 aromatic carbocycles. The monoisotopic (exact) mass is 248 g/mol. The van der Waals surface area contributed by atoms with Crippen molar-refractivity contribution in [3.8, 4) is 0 Å². The van der Waals surface area contributed by atoms with Gasteiger partial charge in [0.1, 0.15) is 5.69 Å². The molecule has 3 N–H and O–H groups in total. The summed E-state index contributed by atoms with van der Waals surface area (Å²) in [5.74, 6) is 0.394. The number of amides is 1. The van der Waals surface area contributed by atoms with Gasteiger partial charge in [-0.1, -0.05) is 0 Å². The fraction of sp³-hybridized carbons (Fsp3) is 0.462. The van der Waals surface area contributed by atoms with Gasteiger partial charge < -0.3 is 19.8 Å². The zero-order chi connectivity index (χ0) is 12.5. The molecule has 1 aliphatic rings. The molecule has 1 saturated carbocycles. The number of hydrogen-bond acceptors (Lipinski definition) is 3. The molecule has 2 aromatic heterocycles. The highest BCUT2D eigenvalue weighted by Gasteiger charge is 2.32. The van der Waals surface area contributed by atoms with E-state index in [-0.39, 0.29) is 18.6 Å². The van der Waals surface area contributed by atoms with Crippen LogP contribution in [0.3, 0.4) is 0 Å². The Balaban J connectivity index is 1.71. The van der Waals surface area contributed by atoms with Crippen molar-refractivity contribution in [3.63, 3.8) is 0 Å². The Morgan fingerprint density at radius 3 is 3.11 bits per heavy atom. The van der Waals surface area contributed by atoms with E-state index in [4.69, 9.17) is 9.52 Å². The SMILES string of the molecule is O=C(NC(CCO)C1CC1)c1cc2occc2[nH]1. The first-order chi connectivity index (χ1) is 8.78. The second-order valence-electron chi connectivity index (χ2n) is 4.81. The molecule has 5 nitrogen and oxygen atoms in total. The standard InChI is InChI=1S/C13H16N2O3/c16-5-3-9(8-1-2-8)15-13(17)11-7-12-10(14-11)4-6-18-12/h4,6-9,14,16H,1-3,5H2,(H,15,17). The van der Waals surface area contributed by atoms with E-state index >= 15 is 0 Å². The summed E-state index contributed by atoms with van der Waals surface area (Å²) in [6, 6.07) is 3.57. The molecule has 1 atom stereocenters. The van der Waals surface area contributed by atoms with Gasteiger partial charge in [0.25, 0.3) is 5.91 Å². The molecule has 0 bridgehead atoms. The number of rotatable bonds is 5. The summed E-state index contributed by atoms with van der Waals surface area (Å²) < 4.78 is 5.21. The molecular formula is C13H16N2O3. The number of carbonyl (C=O) groups is 1. The summed E-state index contributed by atoms with van der Waals surface area (Å²) >= 11 is 0. The van der Waals surface area contributed by atoms with Crippen LogP contribution in [0, 0.1) is 5.92 Å². The van der Waals surface area contributed by atoms with Crippen molar-refractivity contribution in [2.75, 3.05) is 6.61 Å². The molecule has 1 aliphatic carbocycles. The Bertz CT molecular complexity index is 525. The van der Waals surface area contributed by atoms with Crippen molar-refractivity contribution in [1.29, 1.82) is 0 Å². The topological polar surface area (TPSA) is 78.3 Å². The number of aromatic nitrogens is 1. The van der Waals surface area contributed by atoms with Crippen LogP contribution in [0.5, 0.6) is 0 Å². The summed E-state index contributed by atoms with van der Waals surface area (Å²) in [5.41, 5.74) is 2.02. The smallest absolute Gasteiger partial charge is 0.268 e. The Hall–Kier alpha value is -1.75. The van der Waals surface area contributed by atoms with Gasteiger partial charge in [0.05, 0.1) is 11.8 Å². The zero-order valence-electron chi connectivity index (χ0n) is 9.98. The van der Waals surface area contributed by atoms with Crippen LogP contribution in [0.4, 0.5) is 0 Å². The maximum atomic E-state index is 12.1. The second-order valence-corrected chi connectivity index (χ2v) is 4.81. The van der Waals surface area contributed by atoms with Gasteiger partial charge in [-0.15, -0.1) is 0 Å². The maximum Gasteiger partial charge on any atom is 0.268 e. The first-order valence-corrected chi connectivity index (χ1v) is 6.26. The number of hydrogen-bond donors (Lipinski definition) is 3. The average Bonchev–Trinajstić information content (AvgIpc) is 2.96. The highest BCUT2D eigenvalue weighted by molar-refractivity contribution is 5.96. The van der Waals surface area contributed by atoms with E-state index in [0.29, 0.717) is 23.6 Å². The van der Waals surface area contributed by atoms with E-state index in [0.717, 1.165) is 18.4 Å². The summed E-state index contributed by atoms with van der Waals surface area (Å²) in [5, 5.41) is 12.0. The van der Waals surface area contributed by atoms with Gasteiger partial charge in [-0.2, -0.15) is 0 Å². The molecule has 1 amide bonds. The lowest BCUT2D eigenvalue weighted by atomic mass is 10.1. The number of aromatic amines is 1. The lowest BCUT2D eigenvalue weighted by Gasteiger charge is -2.16. The van der Waals surface area contributed by atoms with Gasteiger partial charge >= 0.3 is 0 Å². The number of aliphatic hydroxyl groups is 1. The van der Waals surface area contributed by atoms with E-state index < -0.39 is 0 Å². The second kappa shape index (κ2) is 4.49. The molecule has 1 fully saturated rings. The summed E-state index contributed by atoms with van der Waals surface area (Å²) in [6.07, 6.45) is 4.48. The van der Waals surface area contributed by atoms with Crippen LogP contribution >= 0.6 is 0 Å². The largest absolute Gasteiger partial charge is 0.463 e. The van der Waals surface area contributed by atoms with E-state index in [1.54, 1.807) is 18.4 Å². The quantitative estimate of drug-likeness (QED) is 0.752. The summed E-state index contributed by atoms with van der Waals surface area (Å²) in [6.45, 7) is 0.106. The molecular weight excluding hydrogens is 232 g/mol. The first kappa shape index (κ1) is 11.3. The van der Waals surface area contributed by atoms with Crippen molar-refractivity contribution in [3.05, 3.63) is 24.1 Å². The number of H-pyrrole nitrogens is 1. The van der Waals surface area contributed by atoms with E-state index in [2.05, 4.69) is 10.3 Å². The maximum absolute atomic E-state index is 12.1. The van der Waals surface area contributed by atoms with Gasteiger partial charge in [-0.05, 0) is 25.2 Å². The number of nitrogens with one attached hydrogen (secondary N) is 2. The minimum atomic E-state index is -0.133. The lowest BCUT2D eigenvalue weighted by molar-refractivity contribution is 0.0920. The molecule has 2 aromatic rings. The predicted molar refractivity (Wildman–Crippen MR) is 66.2 cm³/mol. The summed E-state index contributed by atoms with van der Waals surface area (Å²) in [7, 11) is 0. The average molecular weight is 248 g/mol. The number of aliphatic hydroxyl groups excluding tert-OH is 1. The third-order valence-electron chi connectivity index (χ3n) is 3.43. The third-order valence-corrected chi connectivity index (χ3v) is 3.43. The van der Waals surface area contributed by atoms with E-state index in [9.17, 15) is 4.79 Å². The highest BCUT2D eigenvalue weighted by Crippen LogP contribution is 2.34. The fourth-order valence-corrected chi connectivity index (χ4v) is 2.28. The van der Waals surface area contributed by atoms with Crippen LogP contribution in [0.25, 0.3) is 11.1 Å². The lowest BCUT2D eigenvalue weighted by Crippen LogP contribution is -2.37. The van der Waals surface area contributed by atoms with Crippen LogP contribution in [0.2, 0.25) is 0 Å². The number of furan rings is 1. The molecule has 3 rings (SSSR count). The predicted octanol–water partition coefficient (Wildman–Crippen LogP) is 1.65. The molecule has 96 valence electrons. The van der Waals surface area contributed by atoms with Crippen molar-refractivity contribution in [2.45, 2.75) is 25.3 Å². The van der Waals surface area contributed by atoms with Crippen molar-refractivity contribution >= 4 is 17.0 Å². The van der Waals surface area contributed by atoms with Crippen molar-refractivity contribution in [1.82, 2.24) is 10.3 Å². The van der Waals surface area contributed by atoms with Gasteiger partial charge in [0.2, 0.25) is 0 Å². The van der Waals surface area contributed by atoms with Gasteiger partial charge in [0, 0.05) is 24.8 Å². The minimum Gasteiger partial charge on any atom is -0.463 e. The molecule has 5 heteroatoms. The van der Waals surface area contributed by atoms with Crippen LogP contribution in [-0.2, 0) is 0 Å². The van der Waals surface area contributed by atoms with Crippen LogP contribution in [-0.4, -0.2) is 28.6 Å². The molecule has 0 spiro atoms. The van der Waals surface area contributed by atoms with E-state index in [1.165, 1.54) is 0 Å². The molecule has 18 heavy (non-hydrogen) atoms. The van der Waals surface area contributed by atoms with E-state index in [1.807, 2.05) is 0 Å². The van der Waals surface area contributed by atoms with Crippen molar-refractivity contribution in [2.24, 2.45) is 5.92 Å². The van der Waals surface area contributed by atoms with Crippen LogP contribution in [0.15, 0.2) is 22.8 Å². The highest BCUT2D eigenvalue weighted by atomic mass is 16.3. The molecule has 0 saturated heterocycles. The third kappa shape index (κ3) is 2.13. The number of fused-ring (bicyclic) bond motifs is 1. The molecule has 2 heterocycles. The summed E-state index contributed by atoms with van der Waals surface area (Å²) in [4.78, 5) is 15.1. The normalized spacial score (nSPS) is 16.9. The van der Waals surface area contributed by atoms with Gasteiger partial charge in [-0.25, -0.2) is 0 Å². The fourth-order valence-electron chi connectivity index (χ4n) is 2.28. The first-order valence-electron chi connectivity index (χ1n) is 6.26.